The lowest BCUT2D eigenvalue weighted by molar-refractivity contribution is -0.0395. The molecule has 4 fully saturated rings. The Labute approximate surface area is 327 Å². The maximum absolute atomic E-state index is 6.10. The van der Waals surface area contributed by atoms with Crippen molar-refractivity contribution in [3.05, 3.63) is 86.0 Å². The molecule has 4 aliphatic rings. The van der Waals surface area contributed by atoms with Crippen LogP contribution in [0.5, 0.6) is 0 Å². The van der Waals surface area contributed by atoms with Crippen molar-refractivity contribution < 1.29 is 18.9 Å². The van der Waals surface area contributed by atoms with Crippen LogP contribution in [0.1, 0.15) is 102 Å². The minimum Gasteiger partial charge on any atom is -0.357 e. The van der Waals surface area contributed by atoms with Crippen molar-refractivity contribution in [1.29, 1.82) is 0 Å². The Hall–Kier alpha value is -4.88. The second-order valence-electron chi connectivity index (χ2n) is 15.7. The van der Waals surface area contributed by atoms with Gasteiger partial charge in [-0.25, -0.2) is 18.7 Å². The van der Waals surface area contributed by atoms with Gasteiger partial charge in [-0.1, -0.05) is 0 Å². The Morgan fingerprint density at radius 2 is 0.554 bits per heavy atom. The van der Waals surface area contributed by atoms with E-state index in [1.807, 2.05) is 43.5 Å². The van der Waals surface area contributed by atoms with Crippen LogP contribution < -0.4 is 0 Å². The highest BCUT2D eigenvalue weighted by atomic mass is 16.5. The van der Waals surface area contributed by atoms with Gasteiger partial charge in [-0.05, 0) is 147 Å². The summed E-state index contributed by atoms with van der Waals surface area (Å²) in [5.41, 5.74) is 10.7. The minimum absolute atomic E-state index is 0.0343. The summed E-state index contributed by atoms with van der Waals surface area (Å²) in [7, 11) is 0. The number of hydrogen-bond acceptors (Lipinski definition) is 8. The average Bonchev–Trinajstić information content (AvgIpc) is 4.13. The molecular formula is C44H50N8O4. The molecule has 2 aromatic carbocycles. The fourth-order valence-corrected chi connectivity index (χ4v) is 8.56. The minimum atomic E-state index is -0.0343. The van der Waals surface area contributed by atoms with Crippen LogP contribution in [0.3, 0.4) is 0 Å². The van der Waals surface area contributed by atoms with Gasteiger partial charge >= 0.3 is 0 Å². The molecule has 8 heterocycles. The summed E-state index contributed by atoms with van der Waals surface area (Å²) in [5.74, 6) is 0. The Kier molecular flexibility index (Phi) is 10.1. The molecule has 0 amide bonds. The zero-order valence-corrected chi connectivity index (χ0v) is 31.9. The highest BCUT2D eigenvalue weighted by Crippen LogP contribution is 2.39. The number of benzene rings is 2. The lowest BCUT2D eigenvalue weighted by atomic mass is 9.91. The van der Waals surface area contributed by atoms with Crippen LogP contribution in [0.2, 0.25) is 0 Å². The number of hydrogen-bond donors (Lipinski definition) is 0. The molecular weight excluding hydrogens is 705 g/mol. The number of aromatic nitrogens is 8. The summed E-state index contributed by atoms with van der Waals surface area (Å²) in [5, 5.41) is 19.2. The highest BCUT2D eigenvalue weighted by Gasteiger charge is 2.22. The van der Waals surface area contributed by atoms with Crippen LogP contribution in [0.4, 0.5) is 0 Å². The van der Waals surface area contributed by atoms with Crippen LogP contribution in [-0.2, 0) is 18.9 Å². The van der Waals surface area contributed by atoms with Gasteiger partial charge in [-0.2, -0.15) is 20.4 Å². The zero-order valence-electron chi connectivity index (χ0n) is 31.9. The summed E-state index contributed by atoms with van der Waals surface area (Å²) in [6.45, 7) is 3.08. The molecule has 290 valence electrons. The second-order valence-corrected chi connectivity index (χ2v) is 15.7. The molecule has 0 saturated carbocycles. The van der Waals surface area contributed by atoms with Crippen LogP contribution >= 0.6 is 0 Å². The van der Waals surface area contributed by atoms with Crippen molar-refractivity contribution >= 4 is 0 Å². The Morgan fingerprint density at radius 3 is 0.768 bits per heavy atom. The van der Waals surface area contributed by atoms with E-state index in [4.69, 9.17) is 39.3 Å². The average molecular weight is 755 g/mol. The number of rotatable bonds is 9. The van der Waals surface area contributed by atoms with Crippen LogP contribution in [-0.4, -0.2) is 65.5 Å². The molecule has 12 nitrogen and oxygen atoms in total. The molecule has 0 bridgehead atoms. The van der Waals surface area contributed by atoms with Gasteiger partial charge in [0.1, 0.15) is 24.9 Å². The van der Waals surface area contributed by atoms with Crippen LogP contribution in [0, 0.1) is 0 Å². The van der Waals surface area contributed by atoms with E-state index in [0.29, 0.717) is 0 Å². The molecule has 0 radical (unpaired) electrons. The summed E-state index contributed by atoms with van der Waals surface area (Å²) in [6, 6.07) is 13.6. The third-order valence-corrected chi connectivity index (χ3v) is 11.7. The van der Waals surface area contributed by atoms with Crippen molar-refractivity contribution in [1.82, 2.24) is 39.1 Å². The molecule has 0 aliphatic carbocycles. The molecule has 4 saturated heterocycles. The number of nitrogens with zero attached hydrogens (tertiary/aromatic N) is 8. The summed E-state index contributed by atoms with van der Waals surface area (Å²) < 4.78 is 32.3. The van der Waals surface area contributed by atoms with Crippen LogP contribution in [0.15, 0.2) is 86.0 Å². The van der Waals surface area contributed by atoms with Gasteiger partial charge in [-0.15, -0.1) is 0 Å². The summed E-state index contributed by atoms with van der Waals surface area (Å²) in [6.07, 6.45) is 29.1. The van der Waals surface area contributed by atoms with Gasteiger partial charge in [0.2, 0.25) is 0 Å². The summed E-state index contributed by atoms with van der Waals surface area (Å²) >= 11 is 0. The van der Waals surface area contributed by atoms with E-state index in [0.717, 1.165) is 159 Å². The molecule has 4 atom stereocenters. The first-order valence-electron chi connectivity index (χ1n) is 20.7. The quantitative estimate of drug-likeness (QED) is 0.144. The van der Waals surface area contributed by atoms with E-state index in [9.17, 15) is 0 Å². The molecule has 56 heavy (non-hydrogen) atoms. The third kappa shape index (κ3) is 7.50. The van der Waals surface area contributed by atoms with Gasteiger partial charge in [0.05, 0.1) is 24.8 Å². The maximum Gasteiger partial charge on any atom is 0.150 e. The molecule has 6 aromatic rings. The van der Waals surface area contributed by atoms with Crippen molar-refractivity contribution in [3.8, 4) is 55.6 Å². The van der Waals surface area contributed by atoms with E-state index in [-0.39, 0.29) is 24.9 Å². The lowest BCUT2D eigenvalue weighted by Crippen LogP contribution is -2.18. The van der Waals surface area contributed by atoms with Gasteiger partial charge in [-0.3, -0.25) is 0 Å². The van der Waals surface area contributed by atoms with E-state index in [1.165, 1.54) is 0 Å². The second kappa shape index (κ2) is 15.9. The van der Waals surface area contributed by atoms with Crippen molar-refractivity contribution in [2.24, 2.45) is 0 Å². The lowest BCUT2D eigenvalue weighted by Gasteiger charge is -2.22. The Balaban J connectivity index is 1.08. The molecule has 12 heteroatoms. The first kappa shape index (κ1) is 35.5. The molecule has 10 rings (SSSR count). The molecule has 4 aromatic heterocycles. The normalized spacial score (nSPS) is 23.4. The van der Waals surface area contributed by atoms with Crippen molar-refractivity contribution in [2.75, 3.05) is 26.4 Å². The molecule has 4 aliphatic heterocycles. The SMILES string of the molecule is c1nn(C2CCCCO2)cc1-c1cc(-c2cc(-c3cnn(C4CCCCO4)c3)cc(-c3cnn(C4CCCCO4)c3)c2)cc(-c2cnn(C3CCCCO3)c2)c1. The maximum atomic E-state index is 6.10. The number of ether oxygens (including phenoxy) is 4. The zero-order chi connectivity index (χ0) is 37.3. The highest BCUT2D eigenvalue weighted by molar-refractivity contribution is 5.85. The standard InChI is InChI=1S/C44H50N8O4/c1-5-13-53-41(9-1)49-27-37(23-45-49)33-17-31(18-34(21-33)38-24-46-50(28-38)42-10-2-6-14-54-42)32-19-35(39-25-47-51(29-39)43-11-3-7-15-55-43)22-36(20-32)40-26-48-52(30-40)44-12-4-8-16-56-44/h17-30,41-44H,1-16H2. The third-order valence-electron chi connectivity index (χ3n) is 11.7. The summed E-state index contributed by atoms with van der Waals surface area (Å²) in [4.78, 5) is 0. The Bertz CT molecular complexity index is 1940. The first-order valence-corrected chi connectivity index (χ1v) is 20.7. The monoisotopic (exact) mass is 754 g/mol. The van der Waals surface area contributed by atoms with Crippen molar-refractivity contribution in [3.63, 3.8) is 0 Å². The van der Waals surface area contributed by atoms with Gasteiger partial charge in [0.15, 0.2) is 0 Å². The van der Waals surface area contributed by atoms with E-state index < -0.39 is 0 Å². The Morgan fingerprint density at radius 1 is 0.321 bits per heavy atom. The van der Waals surface area contributed by atoms with E-state index in [1.54, 1.807) is 0 Å². The molecule has 0 N–H and O–H groups in total. The van der Waals surface area contributed by atoms with Gasteiger partial charge < -0.3 is 18.9 Å². The molecule has 4 unspecified atom stereocenters. The van der Waals surface area contributed by atoms with E-state index in [2.05, 4.69) is 61.2 Å². The van der Waals surface area contributed by atoms with Crippen molar-refractivity contribution in [2.45, 2.75) is 102 Å². The van der Waals surface area contributed by atoms with Crippen LogP contribution in [0.25, 0.3) is 55.6 Å². The predicted molar refractivity (Wildman–Crippen MR) is 212 cm³/mol. The molecule has 0 spiro atoms. The van der Waals surface area contributed by atoms with E-state index >= 15 is 0 Å². The fourth-order valence-electron chi connectivity index (χ4n) is 8.56. The topological polar surface area (TPSA) is 108 Å². The fraction of sp³-hybridized carbons (Fsp3) is 0.455. The van der Waals surface area contributed by atoms with Gasteiger partial charge in [0.25, 0.3) is 0 Å². The van der Waals surface area contributed by atoms with Gasteiger partial charge in [0, 0.05) is 73.5 Å². The first-order chi connectivity index (χ1) is 27.7. The largest absolute Gasteiger partial charge is 0.357 e. The predicted octanol–water partition coefficient (Wildman–Crippen LogP) is 9.60. The smallest absolute Gasteiger partial charge is 0.150 e.